The normalized spacial score (nSPS) is 53.1. The van der Waals surface area contributed by atoms with Gasteiger partial charge in [-0.2, -0.15) is 0 Å². The first-order valence-electron chi connectivity index (χ1n) is 7.45. The number of hydrogen-bond acceptors (Lipinski definition) is 11. The molecule has 1 saturated carbocycles. The van der Waals surface area contributed by atoms with Crippen LogP contribution in [0.4, 0.5) is 0 Å². The average Bonchev–Trinajstić information content (AvgIpc) is 2.58. The summed E-state index contributed by atoms with van der Waals surface area (Å²) in [6.07, 6.45) is -17.2. The van der Waals surface area contributed by atoms with E-state index in [1.54, 1.807) is 0 Å². The Morgan fingerprint density at radius 3 is 1.71 bits per heavy atom. The second kappa shape index (κ2) is 7.85. The van der Waals surface area contributed by atoms with Crippen molar-refractivity contribution < 1.29 is 55.1 Å². The lowest BCUT2D eigenvalue weighted by molar-refractivity contribution is -0.340. The van der Waals surface area contributed by atoms with Gasteiger partial charge in [0.2, 0.25) is 0 Å². The molecule has 1 aliphatic carbocycles. The Kier molecular flexibility index (Phi) is 6.50. The quantitative estimate of drug-likeness (QED) is 0.240. The van der Waals surface area contributed by atoms with E-state index in [9.17, 15) is 35.7 Å². The SMILES string of the molecule is CO[C@H]1[C@H](O)[C@@H](O)[C@@H](O)[C@@H](O)[C@@H]1O[C@H]1O[C@H](CO)[C@H](O)[C@H](O)[C@H]1O. The van der Waals surface area contributed by atoms with E-state index in [0.29, 0.717) is 0 Å². The van der Waals surface area contributed by atoms with Crippen molar-refractivity contribution in [2.24, 2.45) is 0 Å². The molecule has 2 rings (SSSR count). The molecule has 1 heterocycles. The number of hydrogen-bond donors (Lipinski definition) is 8. The fraction of sp³-hybridized carbons (Fsp3) is 1.00. The minimum atomic E-state index is -1.75. The summed E-state index contributed by atoms with van der Waals surface area (Å²) >= 11 is 0. The summed E-state index contributed by atoms with van der Waals surface area (Å²) in [5.74, 6) is 0. The molecule has 0 unspecified atom stereocenters. The first-order valence-corrected chi connectivity index (χ1v) is 7.45. The highest BCUT2D eigenvalue weighted by Crippen LogP contribution is 2.30. The second-order valence-electron chi connectivity index (χ2n) is 5.96. The Bertz CT molecular complexity index is 407. The molecule has 1 saturated heterocycles. The molecule has 0 radical (unpaired) electrons. The van der Waals surface area contributed by atoms with Crippen LogP contribution in [0.5, 0.6) is 0 Å². The zero-order valence-electron chi connectivity index (χ0n) is 12.9. The maximum absolute atomic E-state index is 10.1. The van der Waals surface area contributed by atoms with Crippen molar-refractivity contribution >= 4 is 0 Å². The maximum Gasteiger partial charge on any atom is 0.187 e. The van der Waals surface area contributed by atoms with Gasteiger partial charge < -0.3 is 55.1 Å². The molecule has 11 heteroatoms. The van der Waals surface area contributed by atoms with Crippen molar-refractivity contribution in [1.29, 1.82) is 0 Å². The van der Waals surface area contributed by atoms with Crippen LogP contribution < -0.4 is 0 Å². The summed E-state index contributed by atoms with van der Waals surface area (Å²) in [6.45, 7) is -0.671. The largest absolute Gasteiger partial charge is 0.394 e. The van der Waals surface area contributed by atoms with Crippen LogP contribution in [0.15, 0.2) is 0 Å². The van der Waals surface area contributed by atoms with Gasteiger partial charge >= 0.3 is 0 Å². The summed E-state index contributed by atoms with van der Waals surface area (Å²) in [5, 5.41) is 77.9. The molecule has 0 bridgehead atoms. The molecule has 24 heavy (non-hydrogen) atoms. The van der Waals surface area contributed by atoms with E-state index >= 15 is 0 Å². The molecule has 1 aliphatic heterocycles. The van der Waals surface area contributed by atoms with Gasteiger partial charge in [0.05, 0.1) is 6.61 Å². The molecule has 0 aromatic rings. The maximum atomic E-state index is 10.1. The topological polar surface area (TPSA) is 190 Å². The first-order chi connectivity index (χ1) is 11.2. The third kappa shape index (κ3) is 3.43. The smallest absolute Gasteiger partial charge is 0.187 e. The van der Waals surface area contributed by atoms with Crippen molar-refractivity contribution in [1.82, 2.24) is 0 Å². The van der Waals surface area contributed by atoms with Gasteiger partial charge in [-0.1, -0.05) is 0 Å². The van der Waals surface area contributed by atoms with Crippen molar-refractivity contribution in [2.75, 3.05) is 13.7 Å². The highest BCUT2D eigenvalue weighted by Gasteiger charge is 2.53. The summed E-state index contributed by atoms with van der Waals surface area (Å²) in [7, 11) is 1.18. The van der Waals surface area contributed by atoms with Crippen LogP contribution in [0.1, 0.15) is 0 Å². The first kappa shape index (κ1) is 19.9. The Balaban J connectivity index is 2.17. The highest BCUT2D eigenvalue weighted by atomic mass is 16.7. The van der Waals surface area contributed by atoms with Crippen LogP contribution in [-0.2, 0) is 14.2 Å². The number of aliphatic hydroxyl groups excluding tert-OH is 8. The van der Waals surface area contributed by atoms with Gasteiger partial charge in [0.1, 0.15) is 61.0 Å². The predicted molar refractivity (Wildman–Crippen MR) is 73.5 cm³/mol. The molecule has 11 atom stereocenters. The van der Waals surface area contributed by atoms with Crippen LogP contribution in [0.2, 0.25) is 0 Å². The minimum absolute atomic E-state index is 0.671. The lowest BCUT2D eigenvalue weighted by Crippen LogP contribution is -2.67. The Hall–Kier alpha value is -0.440. The molecule has 0 aromatic heterocycles. The van der Waals surface area contributed by atoms with Crippen molar-refractivity contribution in [3.63, 3.8) is 0 Å². The van der Waals surface area contributed by atoms with Gasteiger partial charge in [-0.05, 0) is 0 Å². The number of aliphatic hydroxyl groups is 8. The number of ether oxygens (including phenoxy) is 3. The van der Waals surface area contributed by atoms with Crippen molar-refractivity contribution in [3.05, 3.63) is 0 Å². The lowest BCUT2D eigenvalue weighted by Gasteiger charge is -2.46. The summed E-state index contributed by atoms with van der Waals surface area (Å²) in [6, 6.07) is 0. The predicted octanol–water partition coefficient (Wildman–Crippen LogP) is -5.36. The molecule has 142 valence electrons. The number of rotatable bonds is 4. The van der Waals surface area contributed by atoms with E-state index in [0.717, 1.165) is 0 Å². The van der Waals surface area contributed by atoms with E-state index in [-0.39, 0.29) is 0 Å². The molecule has 2 aliphatic rings. The van der Waals surface area contributed by atoms with Crippen LogP contribution in [0, 0.1) is 0 Å². The zero-order valence-corrected chi connectivity index (χ0v) is 12.9. The molecule has 11 nitrogen and oxygen atoms in total. The second-order valence-corrected chi connectivity index (χ2v) is 5.96. The van der Waals surface area contributed by atoms with E-state index in [2.05, 4.69) is 0 Å². The van der Waals surface area contributed by atoms with E-state index in [4.69, 9.17) is 19.3 Å². The molecular formula is C13H24O11. The third-order valence-corrected chi connectivity index (χ3v) is 4.46. The van der Waals surface area contributed by atoms with Crippen LogP contribution >= 0.6 is 0 Å². The van der Waals surface area contributed by atoms with Crippen LogP contribution in [0.25, 0.3) is 0 Å². The third-order valence-electron chi connectivity index (χ3n) is 4.46. The Morgan fingerprint density at radius 1 is 0.708 bits per heavy atom. The highest BCUT2D eigenvalue weighted by molar-refractivity contribution is 5.01. The summed E-state index contributed by atoms with van der Waals surface area (Å²) in [4.78, 5) is 0. The molecule has 0 spiro atoms. The standard InChI is InChI=1S/C13H24O11/c1-22-11-8(19)6(17)7(18)9(20)12(11)24-13-10(21)5(16)4(15)3(2-14)23-13/h3-21H,2H2,1H3/t3-,4+,5+,6+,7-,8-,9-,10-,11+,12+,13-/m1/s1. The lowest BCUT2D eigenvalue weighted by atomic mass is 9.84. The Labute approximate surface area is 137 Å². The van der Waals surface area contributed by atoms with Gasteiger partial charge in [-0.3, -0.25) is 0 Å². The Morgan fingerprint density at radius 2 is 1.21 bits per heavy atom. The van der Waals surface area contributed by atoms with Crippen LogP contribution in [-0.4, -0.2) is 122 Å². The van der Waals surface area contributed by atoms with Gasteiger partial charge in [0.25, 0.3) is 0 Å². The molecule has 8 N–H and O–H groups in total. The molecular weight excluding hydrogens is 332 g/mol. The van der Waals surface area contributed by atoms with E-state index in [1.165, 1.54) is 7.11 Å². The minimum Gasteiger partial charge on any atom is -0.394 e. The van der Waals surface area contributed by atoms with Crippen molar-refractivity contribution in [2.45, 2.75) is 67.3 Å². The van der Waals surface area contributed by atoms with Gasteiger partial charge in [-0.15, -0.1) is 0 Å². The van der Waals surface area contributed by atoms with Gasteiger partial charge in [0, 0.05) is 7.11 Å². The summed E-state index contributed by atoms with van der Waals surface area (Å²) < 4.78 is 15.5. The van der Waals surface area contributed by atoms with Gasteiger partial charge in [-0.25, -0.2) is 0 Å². The van der Waals surface area contributed by atoms with Gasteiger partial charge in [0.15, 0.2) is 6.29 Å². The van der Waals surface area contributed by atoms with E-state index < -0.39 is 73.9 Å². The summed E-state index contributed by atoms with van der Waals surface area (Å²) in [5.41, 5.74) is 0. The van der Waals surface area contributed by atoms with E-state index in [1.807, 2.05) is 0 Å². The average molecular weight is 356 g/mol. The van der Waals surface area contributed by atoms with Crippen molar-refractivity contribution in [3.8, 4) is 0 Å². The molecule has 0 amide bonds. The number of methoxy groups -OCH3 is 1. The fourth-order valence-electron chi connectivity index (χ4n) is 2.95. The molecule has 2 fully saturated rings. The fourth-order valence-corrected chi connectivity index (χ4v) is 2.95. The molecule has 0 aromatic carbocycles. The zero-order chi connectivity index (χ0) is 18.2. The monoisotopic (exact) mass is 356 g/mol. The van der Waals surface area contributed by atoms with Crippen LogP contribution in [0.3, 0.4) is 0 Å².